The zero-order valence-corrected chi connectivity index (χ0v) is 7.23. The summed E-state index contributed by atoms with van der Waals surface area (Å²) in [6.45, 7) is 1.71. The van der Waals surface area contributed by atoms with Crippen molar-refractivity contribution in [2.75, 3.05) is 0 Å². The van der Waals surface area contributed by atoms with Gasteiger partial charge in [0.2, 0.25) is 0 Å². The van der Waals surface area contributed by atoms with Gasteiger partial charge >= 0.3 is 5.97 Å². The summed E-state index contributed by atoms with van der Waals surface area (Å²) in [4.78, 5) is 10.9. The minimum Gasteiger partial charge on any atom is -0.504 e. The van der Waals surface area contributed by atoms with Gasteiger partial charge in [-0.3, -0.25) is 0 Å². The molecule has 0 bridgehead atoms. The molecule has 68 valence electrons. The standard InChI is InChI=1S/C10H10O3/c1-2-5-10(12)13-9-7-4-3-6-8(9)11/h2-7,11H,1H3/b5-2+. The Morgan fingerprint density at radius 1 is 1.46 bits per heavy atom. The lowest BCUT2D eigenvalue weighted by atomic mass is 10.3. The van der Waals surface area contributed by atoms with Gasteiger partial charge in [-0.05, 0) is 19.1 Å². The van der Waals surface area contributed by atoms with Crippen LogP contribution in [0.2, 0.25) is 0 Å². The maximum Gasteiger partial charge on any atom is 0.335 e. The van der Waals surface area contributed by atoms with Gasteiger partial charge in [0.05, 0.1) is 0 Å². The van der Waals surface area contributed by atoms with Gasteiger partial charge in [0.1, 0.15) is 0 Å². The van der Waals surface area contributed by atoms with E-state index in [2.05, 4.69) is 0 Å². The first-order valence-corrected chi connectivity index (χ1v) is 3.86. The van der Waals surface area contributed by atoms with Crippen LogP contribution >= 0.6 is 0 Å². The lowest BCUT2D eigenvalue weighted by Gasteiger charge is -2.02. The molecule has 0 heterocycles. The fourth-order valence-electron chi connectivity index (χ4n) is 0.822. The molecule has 0 saturated heterocycles. The van der Waals surface area contributed by atoms with E-state index in [1.807, 2.05) is 0 Å². The summed E-state index contributed by atoms with van der Waals surface area (Å²) in [7, 11) is 0. The van der Waals surface area contributed by atoms with Crippen molar-refractivity contribution in [3.05, 3.63) is 36.4 Å². The van der Waals surface area contributed by atoms with Crippen molar-refractivity contribution < 1.29 is 14.6 Å². The number of phenolic OH excluding ortho intramolecular Hbond substituents is 1. The fraction of sp³-hybridized carbons (Fsp3) is 0.100. The van der Waals surface area contributed by atoms with Crippen LogP contribution in [0.3, 0.4) is 0 Å². The van der Waals surface area contributed by atoms with Gasteiger partial charge in [-0.1, -0.05) is 18.2 Å². The largest absolute Gasteiger partial charge is 0.504 e. The average molecular weight is 178 g/mol. The van der Waals surface area contributed by atoms with Crippen LogP contribution in [0.1, 0.15) is 6.92 Å². The number of aromatic hydroxyl groups is 1. The molecular weight excluding hydrogens is 168 g/mol. The van der Waals surface area contributed by atoms with Crippen LogP contribution in [0.15, 0.2) is 36.4 Å². The molecule has 0 unspecified atom stereocenters. The number of ether oxygens (including phenoxy) is 1. The number of carbonyl (C=O) groups excluding carboxylic acids is 1. The van der Waals surface area contributed by atoms with E-state index >= 15 is 0 Å². The molecule has 0 aliphatic heterocycles. The van der Waals surface area contributed by atoms with Crippen molar-refractivity contribution >= 4 is 5.97 Å². The molecule has 0 spiro atoms. The maximum absolute atomic E-state index is 10.9. The minimum atomic E-state index is -0.496. The number of hydrogen-bond acceptors (Lipinski definition) is 3. The molecule has 1 aromatic carbocycles. The number of phenols is 1. The molecule has 1 N–H and O–H groups in total. The highest BCUT2D eigenvalue weighted by Crippen LogP contribution is 2.24. The molecule has 3 heteroatoms. The Labute approximate surface area is 76.3 Å². The number of esters is 1. The van der Waals surface area contributed by atoms with E-state index in [1.54, 1.807) is 25.1 Å². The number of rotatable bonds is 2. The van der Waals surface area contributed by atoms with Gasteiger partial charge in [-0.15, -0.1) is 0 Å². The predicted molar refractivity (Wildman–Crippen MR) is 48.6 cm³/mol. The Morgan fingerprint density at radius 2 is 2.15 bits per heavy atom. The minimum absolute atomic E-state index is 0.0413. The third-order valence-corrected chi connectivity index (χ3v) is 1.38. The van der Waals surface area contributed by atoms with Crippen LogP contribution in [0.5, 0.6) is 11.5 Å². The lowest BCUT2D eigenvalue weighted by Crippen LogP contribution is -2.03. The summed E-state index contributed by atoms with van der Waals surface area (Å²) in [6, 6.07) is 6.31. The zero-order valence-electron chi connectivity index (χ0n) is 7.23. The second-order valence-corrected chi connectivity index (χ2v) is 2.39. The summed E-state index contributed by atoms with van der Waals surface area (Å²) >= 11 is 0. The summed E-state index contributed by atoms with van der Waals surface area (Å²) in [6.07, 6.45) is 2.86. The Balaban J connectivity index is 2.74. The van der Waals surface area contributed by atoms with Gasteiger partial charge in [0, 0.05) is 6.08 Å². The van der Waals surface area contributed by atoms with Crippen molar-refractivity contribution in [2.24, 2.45) is 0 Å². The zero-order chi connectivity index (χ0) is 9.68. The van der Waals surface area contributed by atoms with E-state index in [1.165, 1.54) is 18.2 Å². The summed E-state index contributed by atoms with van der Waals surface area (Å²) in [5.41, 5.74) is 0. The van der Waals surface area contributed by atoms with Crippen molar-refractivity contribution in [1.29, 1.82) is 0 Å². The first kappa shape index (κ1) is 9.32. The number of benzene rings is 1. The molecule has 0 aromatic heterocycles. The van der Waals surface area contributed by atoms with Crippen LogP contribution in [0.25, 0.3) is 0 Å². The van der Waals surface area contributed by atoms with Crippen molar-refractivity contribution in [3.8, 4) is 11.5 Å². The van der Waals surface area contributed by atoms with Gasteiger partial charge in [0.15, 0.2) is 11.5 Å². The molecule has 0 aliphatic carbocycles. The highest BCUT2D eigenvalue weighted by Gasteiger charge is 2.03. The number of para-hydroxylation sites is 2. The first-order valence-electron chi connectivity index (χ1n) is 3.86. The highest BCUT2D eigenvalue weighted by atomic mass is 16.5. The summed E-state index contributed by atoms with van der Waals surface area (Å²) < 4.78 is 4.81. The van der Waals surface area contributed by atoms with E-state index < -0.39 is 5.97 Å². The lowest BCUT2D eigenvalue weighted by molar-refractivity contribution is -0.129. The highest BCUT2D eigenvalue weighted by molar-refractivity contribution is 5.84. The molecule has 0 amide bonds. The Morgan fingerprint density at radius 3 is 2.77 bits per heavy atom. The number of carbonyl (C=O) groups is 1. The van der Waals surface area contributed by atoms with E-state index in [0.717, 1.165) is 0 Å². The molecule has 1 aromatic rings. The molecule has 0 fully saturated rings. The summed E-state index contributed by atoms with van der Waals surface area (Å²) in [5.74, 6) is -0.366. The predicted octanol–water partition coefficient (Wildman–Crippen LogP) is 1.87. The van der Waals surface area contributed by atoms with Gasteiger partial charge in [-0.2, -0.15) is 0 Å². The number of allylic oxidation sites excluding steroid dienone is 1. The summed E-state index contributed by atoms with van der Waals surface area (Å²) in [5, 5.41) is 9.23. The van der Waals surface area contributed by atoms with Crippen LogP contribution in [-0.2, 0) is 4.79 Å². The van der Waals surface area contributed by atoms with Crippen LogP contribution in [0.4, 0.5) is 0 Å². The molecule has 0 saturated carbocycles. The van der Waals surface area contributed by atoms with Gasteiger partial charge in [0.25, 0.3) is 0 Å². The SMILES string of the molecule is C/C=C/C(=O)Oc1ccccc1O. The molecule has 1 rings (SSSR count). The second-order valence-electron chi connectivity index (χ2n) is 2.39. The Bertz CT molecular complexity index is 329. The number of hydrogen-bond donors (Lipinski definition) is 1. The van der Waals surface area contributed by atoms with Crippen LogP contribution in [-0.4, -0.2) is 11.1 Å². The normalized spacial score (nSPS) is 10.2. The molecule has 0 atom stereocenters. The molecular formula is C10H10O3. The maximum atomic E-state index is 10.9. The monoisotopic (exact) mass is 178 g/mol. The Hall–Kier alpha value is -1.77. The first-order chi connectivity index (χ1) is 6.24. The molecule has 0 aliphatic rings. The topological polar surface area (TPSA) is 46.5 Å². The van der Waals surface area contributed by atoms with Crippen molar-refractivity contribution in [1.82, 2.24) is 0 Å². The van der Waals surface area contributed by atoms with Crippen LogP contribution in [0, 0.1) is 0 Å². The van der Waals surface area contributed by atoms with E-state index in [0.29, 0.717) is 0 Å². The smallest absolute Gasteiger partial charge is 0.335 e. The Kier molecular flexibility index (Phi) is 3.09. The van der Waals surface area contributed by atoms with Gasteiger partial charge < -0.3 is 9.84 Å². The second kappa shape index (κ2) is 4.30. The molecule has 3 nitrogen and oxygen atoms in total. The molecule has 0 radical (unpaired) electrons. The van der Waals surface area contributed by atoms with E-state index in [-0.39, 0.29) is 11.5 Å². The van der Waals surface area contributed by atoms with E-state index in [9.17, 15) is 9.90 Å². The van der Waals surface area contributed by atoms with Gasteiger partial charge in [-0.25, -0.2) is 4.79 Å². The fourth-order valence-corrected chi connectivity index (χ4v) is 0.822. The third-order valence-electron chi connectivity index (χ3n) is 1.38. The van der Waals surface area contributed by atoms with Crippen molar-refractivity contribution in [2.45, 2.75) is 6.92 Å². The quantitative estimate of drug-likeness (QED) is 0.427. The van der Waals surface area contributed by atoms with E-state index in [4.69, 9.17) is 4.74 Å². The van der Waals surface area contributed by atoms with Crippen molar-refractivity contribution in [3.63, 3.8) is 0 Å². The third kappa shape index (κ3) is 2.63. The average Bonchev–Trinajstić information content (AvgIpc) is 2.09. The molecule has 13 heavy (non-hydrogen) atoms. The van der Waals surface area contributed by atoms with Crippen LogP contribution < -0.4 is 4.74 Å².